The molecule has 10 heteroatoms. The maximum absolute atomic E-state index is 13.7. The maximum atomic E-state index is 13.7. The molecule has 1 aromatic heterocycles. The van der Waals surface area contributed by atoms with E-state index in [-0.39, 0.29) is 28.5 Å². The first-order valence-corrected chi connectivity index (χ1v) is 9.19. The summed E-state index contributed by atoms with van der Waals surface area (Å²) in [5.41, 5.74) is -1.08. The summed E-state index contributed by atoms with van der Waals surface area (Å²) in [4.78, 5) is 30.7. The maximum Gasteiger partial charge on any atom is 0.416 e. The molecule has 1 heterocycles. The van der Waals surface area contributed by atoms with Crippen LogP contribution in [0, 0.1) is 5.82 Å². The summed E-state index contributed by atoms with van der Waals surface area (Å²) in [6, 6.07) is 11.9. The summed E-state index contributed by atoms with van der Waals surface area (Å²) >= 11 is 5.62. The second-order valence-corrected chi connectivity index (χ2v) is 6.81. The minimum atomic E-state index is -4.57. The van der Waals surface area contributed by atoms with Crippen molar-refractivity contribution in [2.24, 2.45) is 4.99 Å². The Hall–Kier alpha value is -3.46. The number of nitrogens with one attached hydrogen (secondary N) is 2. The van der Waals surface area contributed by atoms with Gasteiger partial charge in [-0.3, -0.25) is 9.59 Å². The zero-order valence-corrected chi connectivity index (χ0v) is 16.4. The van der Waals surface area contributed by atoms with Crippen LogP contribution in [0.4, 0.5) is 23.2 Å². The predicted octanol–water partition coefficient (Wildman–Crippen LogP) is 4.89. The van der Waals surface area contributed by atoms with Gasteiger partial charge in [-0.1, -0.05) is 23.7 Å². The molecule has 0 unspecified atom stereocenters. The Morgan fingerprint density at radius 1 is 1.06 bits per heavy atom. The Morgan fingerprint density at radius 3 is 2.48 bits per heavy atom. The first-order chi connectivity index (χ1) is 14.6. The molecule has 2 aromatic carbocycles. The van der Waals surface area contributed by atoms with E-state index in [4.69, 9.17) is 11.6 Å². The zero-order valence-electron chi connectivity index (χ0n) is 15.6. The lowest BCUT2D eigenvalue weighted by atomic mass is 10.2. The highest BCUT2D eigenvalue weighted by Crippen LogP contribution is 2.31. The van der Waals surface area contributed by atoms with E-state index in [9.17, 15) is 27.2 Å². The lowest BCUT2D eigenvalue weighted by Crippen LogP contribution is -2.32. The molecular formula is C21H14ClF4N3O2. The number of rotatable bonds is 4. The standard InChI is InChI=1S/C21H14ClF4N3O2/c22-16-8-7-12(9-17(16)23)20(31)29-18(11-15-5-2-6-19(30)28-15)27-14-4-1-3-13(10-14)21(24,25)26/h1-10H,11H2,(H,28,30)(H,27,29,31). The molecule has 0 saturated heterocycles. The van der Waals surface area contributed by atoms with Gasteiger partial charge < -0.3 is 10.3 Å². The average molecular weight is 452 g/mol. The molecule has 0 radical (unpaired) electrons. The van der Waals surface area contributed by atoms with Gasteiger partial charge in [0.25, 0.3) is 5.91 Å². The molecule has 0 fully saturated rings. The third kappa shape index (κ3) is 6.02. The van der Waals surface area contributed by atoms with Crippen LogP contribution in [0.2, 0.25) is 5.02 Å². The topological polar surface area (TPSA) is 74.3 Å². The van der Waals surface area contributed by atoms with Crippen molar-refractivity contribution in [3.05, 3.63) is 98.7 Å². The van der Waals surface area contributed by atoms with E-state index in [0.29, 0.717) is 5.69 Å². The number of carbonyl (C=O) groups excluding carboxylic acids is 1. The summed E-state index contributed by atoms with van der Waals surface area (Å²) in [6.07, 6.45) is -4.67. The second-order valence-electron chi connectivity index (χ2n) is 6.41. The number of aromatic nitrogens is 1. The van der Waals surface area contributed by atoms with Crippen LogP contribution in [0.3, 0.4) is 0 Å². The number of alkyl halides is 3. The van der Waals surface area contributed by atoms with Crippen LogP contribution in [-0.2, 0) is 12.6 Å². The van der Waals surface area contributed by atoms with Crippen LogP contribution in [0.1, 0.15) is 21.6 Å². The van der Waals surface area contributed by atoms with Gasteiger partial charge in [0.2, 0.25) is 5.56 Å². The molecule has 5 nitrogen and oxygen atoms in total. The van der Waals surface area contributed by atoms with Gasteiger partial charge in [-0.25, -0.2) is 9.38 Å². The van der Waals surface area contributed by atoms with Crippen molar-refractivity contribution in [2.45, 2.75) is 12.6 Å². The molecule has 0 bridgehead atoms. The number of aromatic amines is 1. The highest BCUT2D eigenvalue weighted by molar-refractivity contribution is 6.30. The summed E-state index contributed by atoms with van der Waals surface area (Å²) in [6.45, 7) is 0. The van der Waals surface area contributed by atoms with Gasteiger partial charge in [0, 0.05) is 23.7 Å². The number of hydrogen-bond donors (Lipinski definition) is 2. The van der Waals surface area contributed by atoms with Crippen molar-refractivity contribution in [1.82, 2.24) is 10.3 Å². The molecule has 3 rings (SSSR count). The van der Waals surface area contributed by atoms with Crippen molar-refractivity contribution in [2.75, 3.05) is 0 Å². The van der Waals surface area contributed by atoms with Crippen molar-refractivity contribution in [3.63, 3.8) is 0 Å². The van der Waals surface area contributed by atoms with E-state index in [1.165, 1.54) is 36.4 Å². The third-order valence-corrected chi connectivity index (χ3v) is 4.37. The summed E-state index contributed by atoms with van der Waals surface area (Å²) in [5.74, 6) is -1.61. The van der Waals surface area contributed by atoms with Gasteiger partial charge in [-0.15, -0.1) is 0 Å². The quantitative estimate of drug-likeness (QED) is 0.337. The monoisotopic (exact) mass is 451 g/mol. The minimum Gasteiger partial charge on any atom is -0.326 e. The summed E-state index contributed by atoms with van der Waals surface area (Å²) in [7, 11) is 0. The number of benzene rings is 2. The molecule has 160 valence electrons. The first-order valence-electron chi connectivity index (χ1n) is 8.81. The van der Waals surface area contributed by atoms with Crippen molar-refractivity contribution < 1.29 is 22.4 Å². The molecule has 31 heavy (non-hydrogen) atoms. The Balaban J connectivity index is 1.96. The molecule has 0 spiro atoms. The molecule has 1 amide bonds. The molecular weight excluding hydrogens is 438 g/mol. The SMILES string of the molecule is O=C(NC(Cc1cccc(=O)[nH]1)=Nc1cccc(C(F)(F)F)c1)c1ccc(Cl)c(F)c1. The number of halogens is 5. The number of nitrogens with zero attached hydrogens (tertiary/aromatic N) is 1. The number of aliphatic imine (C=N–C) groups is 1. The van der Waals surface area contributed by atoms with Crippen LogP contribution >= 0.6 is 11.6 Å². The molecule has 0 aliphatic carbocycles. The number of hydrogen-bond acceptors (Lipinski definition) is 3. The number of H-pyrrole nitrogens is 1. The van der Waals surface area contributed by atoms with Crippen molar-refractivity contribution in [3.8, 4) is 0 Å². The van der Waals surface area contributed by atoms with E-state index < -0.39 is 29.0 Å². The van der Waals surface area contributed by atoms with Crippen LogP contribution in [0.15, 0.2) is 70.5 Å². The molecule has 0 saturated carbocycles. The Morgan fingerprint density at radius 2 is 1.81 bits per heavy atom. The van der Waals surface area contributed by atoms with Crippen molar-refractivity contribution >= 4 is 29.0 Å². The Bertz CT molecular complexity index is 1210. The second kappa shape index (κ2) is 9.13. The van der Waals surface area contributed by atoms with Crippen LogP contribution in [0.5, 0.6) is 0 Å². The third-order valence-electron chi connectivity index (χ3n) is 4.06. The predicted molar refractivity (Wildman–Crippen MR) is 108 cm³/mol. The molecule has 0 aliphatic rings. The zero-order chi connectivity index (χ0) is 22.6. The average Bonchev–Trinajstić information content (AvgIpc) is 2.69. The molecule has 0 atom stereocenters. The van der Waals surface area contributed by atoms with E-state index in [2.05, 4.69) is 15.3 Å². The van der Waals surface area contributed by atoms with Crippen LogP contribution in [-0.4, -0.2) is 16.7 Å². The first kappa shape index (κ1) is 22.2. The fourth-order valence-corrected chi connectivity index (χ4v) is 2.75. The molecule has 2 N–H and O–H groups in total. The highest BCUT2D eigenvalue weighted by atomic mass is 35.5. The van der Waals surface area contributed by atoms with Gasteiger partial charge in [0.15, 0.2) is 0 Å². The largest absolute Gasteiger partial charge is 0.416 e. The molecule has 3 aromatic rings. The Labute approximate surface area is 178 Å². The normalized spacial score (nSPS) is 12.0. The van der Waals surface area contributed by atoms with Gasteiger partial charge in [-0.2, -0.15) is 13.2 Å². The van der Waals surface area contributed by atoms with Crippen LogP contribution < -0.4 is 10.9 Å². The van der Waals surface area contributed by atoms with Gasteiger partial charge in [0.1, 0.15) is 11.7 Å². The van der Waals surface area contributed by atoms with E-state index in [0.717, 1.165) is 18.2 Å². The lowest BCUT2D eigenvalue weighted by Gasteiger charge is -2.11. The fourth-order valence-electron chi connectivity index (χ4n) is 2.64. The minimum absolute atomic E-state index is 0.0541. The van der Waals surface area contributed by atoms with Crippen LogP contribution in [0.25, 0.3) is 0 Å². The van der Waals surface area contributed by atoms with Gasteiger partial charge >= 0.3 is 6.18 Å². The summed E-state index contributed by atoms with van der Waals surface area (Å²) < 4.78 is 52.7. The van der Waals surface area contributed by atoms with Gasteiger partial charge in [0.05, 0.1) is 16.3 Å². The van der Waals surface area contributed by atoms with Crippen molar-refractivity contribution in [1.29, 1.82) is 0 Å². The number of pyridine rings is 1. The number of amidine groups is 1. The van der Waals surface area contributed by atoms with E-state index >= 15 is 0 Å². The van der Waals surface area contributed by atoms with Gasteiger partial charge in [-0.05, 0) is 42.5 Å². The Kier molecular flexibility index (Phi) is 6.55. The molecule has 0 aliphatic heterocycles. The lowest BCUT2D eigenvalue weighted by molar-refractivity contribution is -0.137. The number of amides is 1. The fraction of sp³-hybridized carbons (Fsp3) is 0.0952. The number of carbonyl (C=O) groups is 1. The smallest absolute Gasteiger partial charge is 0.326 e. The summed E-state index contributed by atoms with van der Waals surface area (Å²) in [5, 5.41) is 2.28. The van der Waals surface area contributed by atoms with E-state index in [1.54, 1.807) is 6.07 Å². The van der Waals surface area contributed by atoms with E-state index in [1.807, 2.05) is 0 Å². The highest BCUT2D eigenvalue weighted by Gasteiger charge is 2.30.